The van der Waals surface area contributed by atoms with Crippen molar-refractivity contribution in [2.75, 3.05) is 6.54 Å². The van der Waals surface area contributed by atoms with E-state index in [-0.39, 0.29) is 17.9 Å². The third kappa shape index (κ3) is 5.70. The van der Waals surface area contributed by atoms with Crippen LogP contribution in [0.1, 0.15) is 32.1 Å². The van der Waals surface area contributed by atoms with Gasteiger partial charge in [-0.25, -0.2) is 4.79 Å². The van der Waals surface area contributed by atoms with E-state index in [9.17, 15) is 18.0 Å². The molecule has 0 aliphatic rings. The molecule has 0 saturated carbocycles. The van der Waals surface area contributed by atoms with Gasteiger partial charge in [0.2, 0.25) is 0 Å². The van der Waals surface area contributed by atoms with E-state index >= 15 is 0 Å². The maximum absolute atomic E-state index is 12.9. The first-order chi connectivity index (χ1) is 12.0. The van der Waals surface area contributed by atoms with Gasteiger partial charge in [-0.2, -0.15) is 13.2 Å². The van der Waals surface area contributed by atoms with Crippen LogP contribution in [-0.2, 0) is 11.2 Å². The highest BCUT2D eigenvalue weighted by Gasteiger charge is 2.31. The molecule has 1 aromatic carbocycles. The zero-order chi connectivity index (χ0) is 19.5. The largest absolute Gasteiger partial charge is 0.446 e. The number of fused-ring (bicyclic) bond motifs is 1. The van der Waals surface area contributed by atoms with Crippen molar-refractivity contribution in [1.82, 2.24) is 5.32 Å². The van der Waals surface area contributed by atoms with Crippen molar-refractivity contribution >= 4 is 33.0 Å². The Labute approximate surface area is 157 Å². The van der Waals surface area contributed by atoms with Crippen LogP contribution in [0.5, 0.6) is 0 Å². The van der Waals surface area contributed by atoms with Crippen LogP contribution in [0, 0.1) is 11.8 Å². The van der Waals surface area contributed by atoms with Crippen molar-refractivity contribution in [2.24, 2.45) is 0 Å². The number of carbonyl (C=O) groups is 1. The van der Waals surface area contributed by atoms with Crippen molar-refractivity contribution in [3.8, 4) is 11.8 Å². The minimum absolute atomic E-state index is 0.0291. The molecular formula is C18H17BrF3NO3. The number of alkyl halides is 3. The molecule has 0 fully saturated rings. The van der Waals surface area contributed by atoms with Gasteiger partial charge in [-0.1, -0.05) is 18.1 Å². The quantitative estimate of drug-likeness (QED) is 0.666. The average Bonchev–Trinajstić information content (AvgIpc) is 2.80. The van der Waals surface area contributed by atoms with Crippen molar-refractivity contribution in [1.29, 1.82) is 0 Å². The van der Waals surface area contributed by atoms with E-state index in [0.717, 1.165) is 0 Å². The van der Waals surface area contributed by atoms with Gasteiger partial charge in [0.15, 0.2) is 5.76 Å². The number of alkyl carbamates (subject to hydrolysis) is 1. The fourth-order valence-electron chi connectivity index (χ4n) is 2.17. The predicted octanol–water partition coefficient (Wildman–Crippen LogP) is 5.18. The van der Waals surface area contributed by atoms with Gasteiger partial charge in [0.1, 0.15) is 11.2 Å². The van der Waals surface area contributed by atoms with Crippen LogP contribution >= 0.6 is 15.9 Å². The Balaban J connectivity index is 2.23. The number of hydrogen-bond donors (Lipinski definition) is 1. The first kappa shape index (κ1) is 20.2. The van der Waals surface area contributed by atoms with Gasteiger partial charge in [0.05, 0.1) is 17.4 Å². The Bertz CT molecular complexity index is 870. The van der Waals surface area contributed by atoms with E-state index in [1.165, 1.54) is 0 Å². The van der Waals surface area contributed by atoms with Gasteiger partial charge in [0.25, 0.3) is 0 Å². The Kier molecular flexibility index (Phi) is 5.91. The summed E-state index contributed by atoms with van der Waals surface area (Å²) in [5, 5.41) is 2.76. The van der Waals surface area contributed by atoms with E-state index in [0.29, 0.717) is 15.4 Å². The molecule has 26 heavy (non-hydrogen) atoms. The SMILES string of the molecule is CC(C)(C)OC(=O)NCC#Cc1oc2c(Br)cccc2c1CC(F)(F)F. The highest BCUT2D eigenvalue weighted by atomic mass is 79.9. The van der Waals surface area contributed by atoms with E-state index in [4.69, 9.17) is 9.15 Å². The Morgan fingerprint density at radius 2 is 2.00 bits per heavy atom. The summed E-state index contributed by atoms with van der Waals surface area (Å²) >= 11 is 3.26. The summed E-state index contributed by atoms with van der Waals surface area (Å²) in [7, 11) is 0. The second kappa shape index (κ2) is 7.62. The van der Waals surface area contributed by atoms with Crippen LogP contribution < -0.4 is 5.32 Å². The number of nitrogens with one attached hydrogen (secondary N) is 1. The molecule has 1 heterocycles. The number of furan rings is 1. The monoisotopic (exact) mass is 431 g/mol. The Hall–Kier alpha value is -2.14. The molecule has 0 unspecified atom stereocenters. The third-order valence-corrected chi connectivity index (χ3v) is 3.69. The Morgan fingerprint density at radius 3 is 2.62 bits per heavy atom. The third-order valence-electron chi connectivity index (χ3n) is 3.07. The normalized spacial score (nSPS) is 11.8. The smallest absolute Gasteiger partial charge is 0.408 e. The molecule has 0 spiro atoms. The van der Waals surface area contributed by atoms with Crippen molar-refractivity contribution < 1.29 is 27.1 Å². The number of carbonyl (C=O) groups excluding carboxylic acids is 1. The van der Waals surface area contributed by atoms with E-state index in [1.807, 2.05) is 0 Å². The molecule has 1 aromatic heterocycles. The van der Waals surface area contributed by atoms with Crippen LogP contribution in [0.4, 0.5) is 18.0 Å². The Morgan fingerprint density at radius 1 is 1.31 bits per heavy atom. The van der Waals surface area contributed by atoms with Gasteiger partial charge >= 0.3 is 12.3 Å². The first-order valence-electron chi connectivity index (χ1n) is 7.68. The summed E-state index contributed by atoms with van der Waals surface area (Å²) in [5.41, 5.74) is -0.378. The fraction of sp³-hybridized carbons (Fsp3) is 0.389. The molecule has 0 atom stereocenters. The van der Waals surface area contributed by atoms with Crippen molar-refractivity contribution in [2.45, 2.75) is 39.0 Å². The number of rotatable bonds is 2. The number of amides is 1. The predicted molar refractivity (Wildman–Crippen MR) is 94.8 cm³/mol. The van der Waals surface area contributed by atoms with Gasteiger partial charge < -0.3 is 14.5 Å². The number of halogens is 4. The van der Waals surface area contributed by atoms with Crippen molar-refractivity contribution in [3.05, 3.63) is 34.0 Å². The van der Waals surface area contributed by atoms with Gasteiger partial charge in [-0.05, 0) is 48.7 Å². The minimum Gasteiger partial charge on any atom is -0.446 e. The molecule has 140 valence electrons. The lowest BCUT2D eigenvalue weighted by Crippen LogP contribution is -2.32. The van der Waals surface area contributed by atoms with Crippen LogP contribution in [0.25, 0.3) is 11.0 Å². The van der Waals surface area contributed by atoms with Gasteiger partial charge in [0, 0.05) is 10.9 Å². The first-order valence-corrected chi connectivity index (χ1v) is 8.48. The lowest BCUT2D eigenvalue weighted by molar-refractivity contribution is -0.127. The molecule has 2 aromatic rings. The number of hydrogen-bond acceptors (Lipinski definition) is 3. The summed E-state index contributed by atoms with van der Waals surface area (Å²) in [6.45, 7) is 5.06. The highest BCUT2D eigenvalue weighted by Crippen LogP contribution is 2.34. The molecule has 1 N–H and O–H groups in total. The van der Waals surface area contributed by atoms with E-state index < -0.39 is 24.3 Å². The number of benzene rings is 1. The maximum Gasteiger partial charge on any atom is 0.408 e. The number of para-hydroxylation sites is 1. The zero-order valence-electron chi connectivity index (χ0n) is 14.4. The summed E-state index contributed by atoms with van der Waals surface area (Å²) in [6.07, 6.45) is -6.21. The molecule has 0 bridgehead atoms. The molecule has 8 heteroatoms. The molecule has 0 aliphatic carbocycles. The summed E-state index contributed by atoms with van der Waals surface area (Å²) in [6, 6.07) is 4.85. The lowest BCUT2D eigenvalue weighted by atomic mass is 10.1. The van der Waals surface area contributed by atoms with Crippen LogP contribution in [0.2, 0.25) is 0 Å². The summed E-state index contributed by atoms with van der Waals surface area (Å²) in [5.74, 6) is 5.08. The maximum atomic E-state index is 12.9. The summed E-state index contributed by atoms with van der Waals surface area (Å²) < 4.78 is 49.8. The number of ether oxygens (including phenoxy) is 1. The molecule has 4 nitrogen and oxygen atoms in total. The molecule has 0 radical (unpaired) electrons. The summed E-state index contributed by atoms with van der Waals surface area (Å²) in [4.78, 5) is 11.5. The fourth-order valence-corrected chi connectivity index (χ4v) is 2.62. The van der Waals surface area contributed by atoms with Crippen LogP contribution in [0.15, 0.2) is 27.1 Å². The molecule has 0 saturated heterocycles. The van der Waals surface area contributed by atoms with Gasteiger partial charge in [-0.15, -0.1) is 0 Å². The second-order valence-corrected chi connectivity index (χ2v) is 7.33. The highest BCUT2D eigenvalue weighted by molar-refractivity contribution is 9.10. The van der Waals surface area contributed by atoms with Crippen molar-refractivity contribution in [3.63, 3.8) is 0 Å². The molecule has 0 aliphatic heterocycles. The van der Waals surface area contributed by atoms with Crippen LogP contribution in [-0.4, -0.2) is 24.4 Å². The standard InChI is InChI=1S/C18H17BrF3NO3/c1-17(2,3)26-16(24)23-9-5-8-14-12(10-18(20,21)22)11-6-4-7-13(19)15(11)25-14/h4,6-7H,9-10H2,1-3H3,(H,23,24). The van der Waals surface area contributed by atoms with E-state index in [2.05, 4.69) is 33.1 Å². The molecule has 1 amide bonds. The van der Waals surface area contributed by atoms with Crippen LogP contribution in [0.3, 0.4) is 0 Å². The zero-order valence-corrected chi connectivity index (χ0v) is 16.0. The average molecular weight is 432 g/mol. The lowest BCUT2D eigenvalue weighted by Gasteiger charge is -2.18. The molecular weight excluding hydrogens is 415 g/mol. The topological polar surface area (TPSA) is 51.5 Å². The molecule has 2 rings (SSSR count). The van der Waals surface area contributed by atoms with E-state index in [1.54, 1.807) is 39.0 Å². The minimum atomic E-state index is -4.40. The van der Waals surface area contributed by atoms with Gasteiger partial charge in [-0.3, -0.25) is 0 Å². The second-order valence-electron chi connectivity index (χ2n) is 6.48.